The maximum atomic E-state index is 9.56. The molecule has 0 radical (unpaired) electrons. The van der Waals surface area contributed by atoms with Crippen LogP contribution in [-0.4, -0.2) is 20.7 Å². The van der Waals surface area contributed by atoms with Crippen molar-refractivity contribution >= 4 is 0 Å². The highest BCUT2D eigenvalue weighted by atomic mass is 16.3. The molecule has 1 heterocycles. The first kappa shape index (κ1) is 9.09. The normalized spacial score (nSPS) is 14.3. The zero-order valence-corrected chi connectivity index (χ0v) is 7.23. The fourth-order valence-electron chi connectivity index (χ4n) is 0.879. The Balaban J connectivity index is 2.86. The molecule has 0 fully saturated rings. The van der Waals surface area contributed by atoms with Gasteiger partial charge in [0.25, 0.3) is 0 Å². The molecule has 0 aromatic carbocycles. The number of nitrogens with two attached hydrogens (primary N) is 1. The van der Waals surface area contributed by atoms with E-state index in [2.05, 4.69) is 9.97 Å². The van der Waals surface area contributed by atoms with E-state index in [0.717, 1.165) is 5.56 Å². The number of nitrogens with zero attached hydrogens (tertiary/aromatic N) is 2. The summed E-state index contributed by atoms with van der Waals surface area (Å²) in [5.74, 6) is 0. The number of hydrogen-bond acceptors (Lipinski definition) is 4. The third-order valence-corrected chi connectivity index (χ3v) is 1.70. The molecule has 0 amide bonds. The second-order valence-electron chi connectivity index (χ2n) is 3.30. The fourth-order valence-corrected chi connectivity index (χ4v) is 0.879. The first-order valence-electron chi connectivity index (χ1n) is 3.74. The van der Waals surface area contributed by atoms with Crippen molar-refractivity contribution in [2.24, 2.45) is 5.73 Å². The Morgan fingerprint density at radius 1 is 1.42 bits per heavy atom. The van der Waals surface area contributed by atoms with E-state index in [1.807, 2.05) is 0 Å². The van der Waals surface area contributed by atoms with E-state index >= 15 is 0 Å². The molecular formula is C8H13N3O. The van der Waals surface area contributed by atoms with Gasteiger partial charge in [-0.3, -0.25) is 0 Å². The molecule has 1 aromatic rings. The van der Waals surface area contributed by atoms with Crippen molar-refractivity contribution in [3.63, 3.8) is 0 Å². The molecule has 1 rings (SSSR count). The summed E-state index contributed by atoms with van der Waals surface area (Å²) in [5, 5.41) is 9.56. The summed E-state index contributed by atoms with van der Waals surface area (Å²) >= 11 is 0. The molecule has 66 valence electrons. The van der Waals surface area contributed by atoms with E-state index in [9.17, 15) is 5.11 Å². The largest absolute Gasteiger partial charge is 0.388 e. The van der Waals surface area contributed by atoms with Gasteiger partial charge in [0.05, 0.1) is 11.6 Å². The standard InChI is InChI=1S/C8H13N3O/c1-8(2,12)7(9)6-3-10-5-11-4-6/h3-5,7,12H,9H2,1-2H3. The van der Waals surface area contributed by atoms with Gasteiger partial charge in [-0.25, -0.2) is 9.97 Å². The van der Waals surface area contributed by atoms with Crippen molar-refractivity contribution < 1.29 is 5.11 Å². The van der Waals surface area contributed by atoms with Gasteiger partial charge in [0.2, 0.25) is 0 Å². The second kappa shape index (κ2) is 3.16. The van der Waals surface area contributed by atoms with Crippen molar-refractivity contribution in [3.05, 3.63) is 24.3 Å². The van der Waals surface area contributed by atoms with Gasteiger partial charge in [-0.1, -0.05) is 0 Å². The van der Waals surface area contributed by atoms with E-state index in [1.54, 1.807) is 26.2 Å². The Morgan fingerprint density at radius 3 is 2.33 bits per heavy atom. The van der Waals surface area contributed by atoms with Crippen LogP contribution in [0.5, 0.6) is 0 Å². The Labute approximate surface area is 71.5 Å². The Morgan fingerprint density at radius 2 is 1.92 bits per heavy atom. The Bertz CT molecular complexity index is 242. The van der Waals surface area contributed by atoms with Crippen LogP contribution in [0, 0.1) is 0 Å². The van der Waals surface area contributed by atoms with Crippen molar-refractivity contribution in [1.82, 2.24) is 9.97 Å². The zero-order chi connectivity index (χ0) is 9.19. The number of aliphatic hydroxyl groups is 1. The highest BCUT2D eigenvalue weighted by Crippen LogP contribution is 2.20. The van der Waals surface area contributed by atoms with Crippen LogP contribution in [0.2, 0.25) is 0 Å². The van der Waals surface area contributed by atoms with E-state index in [0.29, 0.717) is 0 Å². The summed E-state index contributed by atoms with van der Waals surface area (Å²) in [5.41, 5.74) is 5.54. The van der Waals surface area contributed by atoms with Crippen LogP contribution in [-0.2, 0) is 0 Å². The van der Waals surface area contributed by atoms with Crippen LogP contribution in [0.4, 0.5) is 0 Å². The van der Waals surface area contributed by atoms with Gasteiger partial charge in [-0.05, 0) is 13.8 Å². The van der Waals surface area contributed by atoms with Gasteiger partial charge >= 0.3 is 0 Å². The molecule has 0 spiro atoms. The predicted octanol–water partition coefficient (Wildman–Crippen LogP) is 0.247. The van der Waals surface area contributed by atoms with Crippen LogP contribution in [0.3, 0.4) is 0 Å². The molecule has 0 bridgehead atoms. The summed E-state index contributed by atoms with van der Waals surface area (Å²) in [4.78, 5) is 7.63. The minimum atomic E-state index is -0.940. The molecule has 1 unspecified atom stereocenters. The van der Waals surface area contributed by atoms with Gasteiger partial charge in [0, 0.05) is 18.0 Å². The lowest BCUT2D eigenvalue weighted by atomic mass is 9.95. The fraction of sp³-hybridized carbons (Fsp3) is 0.500. The smallest absolute Gasteiger partial charge is 0.115 e. The summed E-state index contributed by atoms with van der Waals surface area (Å²) < 4.78 is 0. The molecule has 0 saturated carbocycles. The molecule has 0 aliphatic carbocycles. The van der Waals surface area contributed by atoms with Gasteiger partial charge in [-0.15, -0.1) is 0 Å². The van der Waals surface area contributed by atoms with Gasteiger partial charge < -0.3 is 10.8 Å². The van der Waals surface area contributed by atoms with Crippen LogP contribution >= 0.6 is 0 Å². The molecular weight excluding hydrogens is 154 g/mol. The third kappa shape index (κ3) is 1.99. The number of aromatic nitrogens is 2. The lowest BCUT2D eigenvalue weighted by Crippen LogP contribution is -2.35. The topological polar surface area (TPSA) is 72.0 Å². The van der Waals surface area contributed by atoms with Crippen LogP contribution in [0.15, 0.2) is 18.7 Å². The molecule has 12 heavy (non-hydrogen) atoms. The van der Waals surface area contributed by atoms with E-state index in [1.165, 1.54) is 6.33 Å². The molecule has 1 aromatic heterocycles. The lowest BCUT2D eigenvalue weighted by Gasteiger charge is -2.25. The highest BCUT2D eigenvalue weighted by Gasteiger charge is 2.24. The number of rotatable bonds is 2. The summed E-state index contributed by atoms with van der Waals surface area (Å²) in [6.07, 6.45) is 4.64. The van der Waals surface area contributed by atoms with Crippen molar-refractivity contribution in [1.29, 1.82) is 0 Å². The zero-order valence-electron chi connectivity index (χ0n) is 7.23. The quantitative estimate of drug-likeness (QED) is 0.662. The monoisotopic (exact) mass is 167 g/mol. The Kier molecular flexibility index (Phi) is 2.40. The van der Waals surface area contributed by atoms with E-state index in [-0.39, 0.29) is 0 Å². The van der Waals surface area contributed by atoms with E-state index in [4.69, 9.17) is 5.73 Å². The molecule has 1 atom stereocenters. The van der Waals surface area contributed by atoms with Crippen LogP contribution < -0.4 is 5.73 Å². The second-order valence-corrected chi connectivity index (χ2v) is 3.30. The average Bonchev–Trinajstić information content (AvgIpc) is 2.03. The van der Waals surface area contributed by atoms with Crippen molar-refractivity contribution in [2.45, 2.75) is 25.5 Å². The van der Waals surface area contributed by atoms with Crippen LogP contribution in [0.1, 0.15) is 25.5 Å². The molecule has 4 heteroatoms. The maximum Gasteiger partial charge on any atom is 0.115 e. The average molecular weight is 167 g/mol. The van der Waals surface area contributed by atoms with Gasteiger partial charge in [0.15, 0.2) is 0 Å². The minimum absolute atomic E-state index is 0.446. The molecule has 3 N–H and O–H groups in total. The summed E-state index contributed by atoms with van der Waals surface area (Å²) in [6, 6.07) is -0.446. The maximum absolute atomic E-state index is 9.56. The molecule has 0 saturated heterocycles. The first-order chi connectivity index (χ1) is 5.52. The van der Waals surface area contributed by atoms with Crippen LogP contribution in [0.25, 0.3) is 0 Å². The summed E-state index contributed by atoms with van der Waals surface area (Å²) in [7, 11) is 0. The van der Waals surface area contributed by atoms with Gasteiger partial charge in [-0.2, -0.15) is 0 Å². The molecule has 0 aliphatic rings. The van der Waals surface area contributed by atoms with Crippen molar-refractivity contribution in [2.75, 3.05) is 0 Å². The first-order valence-corrected chi connectivity index (χ1v) is 3.74. The Hall–Kier alpha value is -1.00. The summed E-state index contributed by atoms with van der Waals surface area (Å²) in [6.45, 7) is 3.31. The van der Waals surface area contributed by atoms with E-state index < -0.39 is 11.6 Å². The third-order valence-electron chi connectivity index (χ3n) is 1.70. The van der Waals surface area contributed by atoms with Gasteiger partial charge in [0.1, 0.15) is 6.33 Å². The molecule has 4 nitrogen and oxygen atoms in total. The predicted molar refractivity (Wildman–Crippen MR) is 45.3 cm³/mol. The lowest BCUT2D eigenvalue weighted by molar-refractivity contribution is 0.0515. The highest BCUT2D eigenvalue weighted by molar-refractivity contribution is 5.12. The molecule has 0 aliphatic heterocycles. The SMILES string of the molecule is CC(C)(O)C(N)c1cncnc1. The number of hydrogen-bond donors (Lipinski definition) is 2. The minimum Gasteiger partial charge on any atom is -0.388 e. The van der Waals surface area contributed by atoms with Crippen molar-refractivity contribution in [3.8, 4) is 0 Å².